The molecule has 0 aliphatic rings. The Morgan fingerprint density at radius 3 is 1.56 bits per heavy atom. The van der Waals surface area contributed by atoms with Crippen molar-refractivity contribution in [2.45, 2.75) is 0 Å². The van der Waals surface area contributed by atoms with Gasteiger partial charge in [-0.1, -0.05) is 200 Å². The molecule has 0 aliphatic carbocycles. The van der Waals surface area contributed by atoms with Gasteiger partial charge in [0.25, 0.3) is 0 Å². The first-order chi connectivity index (χ1) is 32.7. The van der Waals surface area contributed by atoms with Crippen molar-refractivity contribution >= 4 is 49.6 Å². The molecule has 310 valence electrons. The first kappa shape index (κ1) is 38.9. The van der Waals surface area contributed by atoms with Crippen LogP contribution in [0.1, 0.15) is 0 Å². The van der Waals surface area contributed by atoms with Crippen molar-refractivity contribution in [3.05, 3.63) is 267 Å². The van der Waals surface area contributed by atoms with E-state index in [2.05, 4.69) is 276 Å². The van der Waals surface area contributed by atoms with Gasteiger partial charge in [-0.15, -0.1) is 0 Å². The predicted octanol–water partition coefficient (Wildman–Crippen LogP) is 17.7. The number of benzene rings is 11. The number of anilines is 3. The predicted molar refractivity (Wildman–Crippen MR) is 280 cm³/mol. The summed E-state index contributed by atoms with van der Waals surface area (Å²) < 4.78 is 2.45. The molecule has 12 aromatic rings. The van der Waals surface area contributed by atoms with Crippen molar-refractivity contribution in [2.75, 3.05) is 4.90 Å². The molecule has 0 saturated heterocycles. The Kier molecular flexibility index (Phi) is 9.89. The number of hydrogen-bond donors (Lipinski definition) is 0. The number of fused-ring (bicyclic) bond motifs is 4. The standard InChI is InChI=1S/C64H44N2/c1-5-18-45(19-6-1)52-36-39-59-62(43-52)66(55-27-11-4-12-28-55)63-44-54(46-20-7-2-8-21-46)42-60(64(59)63)53-26-17-29-57(41-53)65(61-31-16-15-30-58(61)49-23-9-3-10-24-49)56-37-34-48(35-38-56)51-33-32-47-22-13-14-25-50(47)40-51/h1-44H. The molecule has 0 radical (unpaired) electrons. The lowest BCUT2D eigenvalue weighted by Crippen LogP contribution is -2.11. The van der Waals surface area contributed by atoms with Gasteiger partial charge < -0.3 is 9.47 Å². The lowest BCUT2D eigenvalue weighted by molar-refractivity contribution is 1.18. The second-order valence-corrected chi connectivity index (χ2v) is 16.9. The first-order valence-electron chi connectivity index (χ1n) is 22.7. The fourth-order valence-corrected chi connectivity index (χ4v) is 9.78. The number of para-hydroxylation sites is 2. The van der Waals surface area contributed by atoms with Gasteiger partial charge >= 0.3 is 0 Å². The third kappa shape index (κ3) is 7.12. The van der Waals surface area contributed by atoms with Gasteiger partial charge in [0.2, 0.25) is 0 Å². The van der Waals surface area contributed by atoms with Crippen molar-refractivity contribution < 1.29 is 0 Å². The molecule has 11 aromatic carbocycles. The first-order valence-corrected chi connectivity index (χ1v) is 22.7. The average Bonchev–Trinajstić information content (AvgIpc) is 3.73. The molecule has 0 saturated carbocycles. The van der Waals surface area contributed by atoms with Gasteiger partial charge in [0.05, 0.1) is 16.7 Å². The van der Waals surface area contributed by atoms with Crippen molar-refractivity contribution in [3.63, 3.8) is 0 Å². The van der Waals surface area contributed by atoms with E-state index in [1.165, 1.54) is 77.1 Å². The molecule has 0 aliphatic heterocycles. The molecule has 66 heavy (non-hydrogen) atoms. The quantitative estimate of drug-likeness (QED) is 0.141. The molecule has 1 heterocycles. The van der Waals surface area contributed by atoms with E-state index in [4.69, 9.17) is 0 Å². The molecule has 2 heteroatoms. The van der Waals surface area contributed by atoms with Crippen molar-refractivity contribution in [3.8, 4) is 61.3 Å². The van der Waals surface area contributed by atoms with Crippen LogP contribution in [0, 0.1) is 0 Å². The molecule has 0 unspecified atom stereocenters. The topological polar surface area (TPSA) is 8.17 Å². The normalized spacial score (nSPS) is 11.3. The molecule has 0 amide bonds. The Morgan fingerprint density at radius 1 is 0.273 bits per heavy atom. The van der Waals surface area contributed by atoms with Gasteiger partial charge in [-0.25, -0.2) is 0 Å². The van der Waals surface area contributed by atoms with Gasteiger partial charge in [0.1, 0.15) is 0 Å². The third-order valence-electron chi connectivity index (χ3n) is 12.9. The van der Waals surface area contributed by atoms with Crippen LogP contribution in [0.4, 0.5) is 17.1 Å². The van der Waals surface area contributed by atoms with Crippen LogP contribution in [0.15, 0.2) is 267 Å². The maximum atomic E-state index is 2.45. The Bertz CT molecular complexity index is 3670. The zero-order valence-corrected chi connectivity index (χ0v) is 36.3. The minimum Gasteiger partial charge on any atom is -0.310 e. The van der Waals surface area contributed by atoms with Gasteiger partial charge in [0, 0.05) is 33.4 Å². The molecule has 0 N–H and O–H groups in total. The maximum absolute atomic E-state index is 2.45. The molecule has 12 rings (SSSR count). The Balaban J connectivity index is 1.08. The van der Waals surface area contributed by atoms with Crippen LogP contribution in [-0.4, -0.2) is 4.57 Å². The van der Waals surface area contributed by atoms with Crippen LogP contribution < -0.4 is 4.90 Å². The van der Waals surface area contributed by atoms with Crippen LogP contribution in [0.3, 0.4) is 0 Å². The highest BCUT2D eigenvalue weighted by atomic mass is 15.1. The van der Waals surface area contributed by atoms with E-state index in [0.29, 0.717) is 0 Å². The molecule has 1 aromatic heterocycles. The number of nitrogens with zero attached hydrogens (tertiary/aromatic N) is 2. The molecular formula is C64H44N2. The monoisotopic (exact) mass is 840 g/mol. The van der Waals surface area contributed by atoms with Gasteiger partial charge in [-0.3, -0.25) is 0 Å². The van der Waals surface area contributed by atoms with E-state index in [1.807, 2.05) is 0 Å². The summed E-state index contributed by atoms with van der Waals surface area (Å²) in [6, 6.07) is 97.0. The fraction of sp³-hybridized carbons (Fsp3) is 0. The van der Waals surface area contributed by atoms with Crippen molar-refractivity contribution in [2.24, 2.45) is 0 Å². The van der Waals surface area contributed by atoms with E-state index in [1.54, 1.807) is 0 Å². The number of hydrogen-bond acceptors (Lipinski definition) is 1. The van der Waals surface area contributed by atoms with Gasteiger partial charge in [-0.2, -0.15) is 0 Å². The Hall–Kier alpha value is -8.72. The highest BCUT2D eigenvalue weighted by molar-refractivity contribution is 6.17. The van der Waals surface area contributed by atoms with Gasteiger partial charge in [-0.05, 0) is 128 Å². The fourth-order valence-electron chi connectivity index (χ4n) is 9.78. The maximum Gasteiger partial charge on any atom is 0.0553 e. The van der Waals surface area contributed by atoms with Crippen LogP contribution in [0.5, 0.6) is 0 Å². The van der Waals surface area contributed by atoms with Crippen LogP contribution in [-0.2, 0) is 0 Å². The second-order valence-electron chi connectivity index (χ2n) is 16.9. The van der Waals surface area contributed by atoms with Crippen LogP contribution >= 0.6 is 0 Å². The zero-order chi connectivity index (χ0) is 43.8. The number of aromatic nitrogens is 1. The lowest BCUT2D eigenvalue weighted by atomic mass is 9.93. The summed E-state index contributed by atoms with van der Waals surface area (Å²) in [6.45, 7) is 0. The van der Waals surface area contributed by atoms with E-state index in [-0.39, 0.29) is 0 Å². The summed E-state index contributed by atoms with van der Waals surface area (Å²) in [4.78, 5) is 2.42. The summed E-state index contributed by atoms with van der Waals surface area (Å²) in [5, 5.41) is 4.92. The molecule has 0 fully saturated rings. The van der Waals surface area contributed by atoms with E-state index >= 15 is 0 Å². The summed E-state index contributed by atoms with van der Waals surface area (Å²) in [5.74, 6) is 0. The van der Waals surface area contributed by atoms with Crippen molar-refractivity contribution in [1.82, 2.24) is 4.57 Å². The molecule has 0 bridgehead atoms. The van der Waals surface area contributed by atoms with E-state index in [0.717, 1.165) is 33.9 Å². The summed E-state index contributed by atoms with van der Waals surface area (Å²) in [6.07, 6.45) is 0. The SMILES string of the molecule is c1ccc(-c2ccc3c4c(-c5cccc(N(c6ccc(-c7ccc8ccccc8c7)cc6)c6ccccc6-c6ccccc6)c5)cc(-c5ccccc5)cc4n(-c4ccccc4)c3c2)cc1. The summed E-state index contributed by atoms with van der Waals surface area (Å²) in [5.41, 5.74) is 18.5. The Morgan fingerprint density at radius 2 is 0.818 bits per heavy atom. The highest BCUT2D eigenvalue weighted by Gasteiger charge is 2.22. The second kappa shape index (κ2) is 16.8. The Labute approximate surface area is 385 Å². The summed E-state index contributed by atoms with van der Waals surface area (Å²) >= 11 is 0. The van der Waals surface area contributed by atoms with Crippen LogP contribution in [0.2, 0.25) is 0 Å². The van der Waals surface area contributed by atoms with Crippen LogP contribution in [0.25, 0.3) is 93.9 Å². The highest BCUT2D eigenvalue weighted by Crippen LogP contribution is 2.46. The smallest absolute Gasteiger partial charge is 0.0553 e. The minimum atomic E-state index is 1.07. The zero-order valence-electron chi connectivity index (χ0n) is 36.3. The molecule has 0 spiro atoms. The van der Waals surface area contributed by atoms with E-state index < -0.39 is 0 Å². The molecule has 0 atom stereocenters. The van der Waals surface area contributed by atoms with E-state index in [9.17, 15) is 0 Å². The molecule has 2 nitrogen and oxygen atoms in total. The molecular weight excluding hydrogens is 797 g/mol. The van der Waals surface area contributed by atoms with Gasteiger partial charge in [0.15, 0.2) is 0 Å². The van der Waals surface area contributed by atoms with Crippen molar-refractivity contribution in [1.29, 1.82) is 0 Å². The third-order valence-corrected chi connectivity index (χ3v) is 12.9. The lowest BCUT2D eigenvalue weighted by Gasteiger charge is -2.28. The minimum absolute atomic E-state index is 1.07. The largest absolute Gasteiger partial charge is 0.310 e. The number of rotatable bonds is 9. The average molecular weight is 841 g/mol. The summed E-state index contributed by atoms with van der Waals surface area (Å²) in [7, 11) is 0.